The maximum Gasteiger partial charge on any atom is 0.257 e. The molecule has 0 radical (unpaired) electrons. The van der Waals surface area contributed by atoms with Gasteiger partial charge in [0, 0.05) is 56.1 Å². The summed E-state index contributed by atoms with van der Waals surface area (Å²) in [6.07, 6.45) is 5.16. The van der Waals surface area contributed by atoms with Crippen molar-refractivity contribution in [2.45, 2.75) is 6.54 Å². The van der Waals surface area contributed by atoms with Gasteiger partial charge in [0.05, 0.1) is 11.9 Å². The maximum atomic E-state index is 12.6. The number of amides is 1. The molecule has 1 saturated heterocycles. The van der Waals surface area contributed by atoms with Gasteiger partial charge in [-0.15, -0.1) is 11.3 Å². The summed E-state index contributed by atoms with van der Waals surface area (Å²) in [6, 6.07) is 16.6. The van der Waals surface area contributed by atoms with Crippen LogP contribution in [0, 0.1) is 0 Å². The number of anilines is 2. The average molecular weight is 473 g/mol. The van der Waals surface area contributed by atoms with E-state index in [2.05, 4.69) is 30.1 Å². The first-order valence-corrected chi connectivity index (χ1v) is 11.9. The van der Waals surface area contributed by atoms with Crippen molar-refractivity contribution in [1.82, 2.24) is 19.9 Å². The highest BCUT2D eigenvalue weighted by molar-refractivity contribution is 7.14. The largest absolute Gasteiger partial charge is 0.456 e. The zero-order valence-corrected chi connectivity index (χ0v) is 19.3. The van der Waals surface area contributed by atoms with Crippen molar-refractivity contribution < 1.29 is 9.53 Å². The van der Waals surface area contributed by atoms with Crippen LogP contribution in [-0.2, 0) is 6.54 Å². The molecule has 8 nitrogen and oxygen atoms in total. The van der Waals surface area contributed by atoms with E-state index in [0.29, 0.717) is 22.2 Å². The Kier molecular flexibility index (Phi) is 6.73. The Hall–Kier alpha value is -3.82. The van der Waals surface area contributed by atoms with E-state index in [1.54, 1.807) is 36.7 Å². The molecule has 1 aliphatic heterocycles. The second kappa shape index (κ2) is 10.4. The standard InChI is InChI=1S/C25H24N6O2S/c32-24(19-6-8-21(9-7-19)33-22-4-3-10-26-16-22)29-25-28-20(18-34-25)17-30-12-14-31(15-13-30)23-5-1-2-11-27-23/h1-11,16,18H,12-15,17H2,(H,28,29,32). The molecule has 172 valence electrons. The lowest BCUT2D eigenvalue weighted by Gasteiger charge is -2.35. The third-order valence-electron chi connectivity index (χ3n) is 5.49. The second-order valence-corrected chi connectivity index (χ2v) is 8.72. The first-order chi connectivity index (χ1) is 16.7. The number of nitrogens with zero attached hydrogens (tertiary/aromatic N) is 5. The zero-order valence-electron chi connectivity index (χ0n) is 18.5. The molecule has 3 aromatic heterocycles. The summed E-state index contributed by atoms with van der Waals surface area (Å²) in [5.74, 6) is 2.12. The predicted octanol–water partition coefficient (Wildman–Crippen LogP) is 4.30. The van der Waals surface area contributed by atoms with Gasteiger partial charge in [-0.25, -0.2) is 9.97 Å². The van der Waals surface area contributed by atoms with Crippen LogP contribution in [0.25, 0.3) is 0 Å². The van der Waals surface area contributed by atoms with Gasteiger partial charge in [-0.2, -0.15) is 0 Å². The van der Waals surface area contributed by atoms with E-state index >= 15 is 0 Å². The Morgan fingerprint density at radius 3 is 2.56 bits per heavy atom. The number of carbonyl (C=O) groups is 1. The molecule has 0 spiro atoms. The first-order valence-electron chi connectivity index (χ1n) is 11.0. The highest BCUT2D eigenvalue weighted by atomic mass is 32.1. The molecule has 9 heteroatoms. The molecule has 1 N–H and O–H groups in total. The SMILES string of the molecule is O=C(Nc1nc(CN2CCN(c3ccccn3)CC2)cs1)c1ccc(Oc2cccnc2)cc1. The van der Waals surface area contributed by atoms with Crippen molar-refractivity contribution in [2.75, 3.05) is 36.4 Å². The third-order valence-corrected chi connectivity index (χ3v) is 6.30. The van der Waals surface area contributed by atoms with Gasteiger partial charge in [0.15, 0.2) is 5.13 Å². The van der Waals surface area contributed by atoms with Crippen LogP contribution in [0.4, 0.5) is 10.9 Å². The van der Waals surface area contributed by atoms with Crippen molar-refractivity contribution in [1.29, 1.82) is 0 Å². The molecule has 4 aromatic rings. The number of aromatic nitrogens is 3. The molecule has 0 bridgehead atoms. The molecule has 0 saturated carbocycles. The van der Waals surface area contributed by atoms with Crippen LogP contribution in [0.1, 0.15) is 16.1 Å². The fourth-order valence-corrected chi connectivity index (χ4v) is 4.43. The van der Waals surface area contributed by atoms with Crippen molar-refractivity contribution >= 4 is 28.2 Å². The number of thiazole rings is 1. The number of hydrogen-bond acceptors (Lipinski definition) is 8. The Balaban J connectivity index is 1.11. The molecule has 4 heterocycles. The van der Waals surface area contributed by atoms with Gasteiger partial charge >= 0.3 is 0 Å². The van der Waals surface area contributed by atoms with E-state index in [1.165, 1.54) is 11.3 Å². The van der Waals surface area contributed by atoms with Crippen LogP contribution in [0.2, 0.25) is 0 Å². The zero-order chi connectivity index (χ0) is 23.2. The van der Waals surface area contributed by atoms with Gasteiger partial charge in [0.25, 0.3) is 5.91 Å². The van der Waals surface area contributed by atoms with E-state index in [0.717, 1.165) is 44.2 Å². The number of piperazine rings is 1. The highest BCUT2D eigenvalue weighted by Crippen LogP contribution is 2.22. The Labute approximate surface area is 201 Å². The summed E-state index contributed by atoms with van der Waals surface area (Å²) in [5, 5.41) is 5.50. The summed E-state index contributed by atoms with van der Waals surface area (Å²) in [4.78, 5) is 30.4. The Morgan fingerprint density at radius 1 is 0.971 bits per heavy atom. The molecule has 0 atom stereocenters. The number of benzene rings is 1. The molecular formula is C25H24N6O2S. The van der Waals surface area contributed by atoms with Gasteiger partial charge < -0.3 is 9.64 Å². The molecule has 0 aliphatic carbocycles. The molecule has 1 aromatic carbocycles. The van der Waals surface area contributed by atoms with Crippen molar-refractivity contribution in [3.8, 4) is 11.5 Å². The van der Waals surface area contributed by atoms with E-state index in [9.17, 15) is 4.79 Å². The maximum absolute atomic E-state index is 12.6. The smallest absolute Gasteiger partial charge is 0.257 e. The average Bonchev–Trinajstić information content (AvgIpc) is 3.32. The van der Waals surface area contributed by atoms with Crippen molar-refractivity contribution in [3.05, 3.63) is 89.8 Å². The van der Waals surface area contributed by atoms with Crippen molar-refractivity contribution in [3.63, 3.8) is 0 Å². The summed E-state index contributed by atoms with van der Waals surface area (Å²) in [6.45, 7) is 4.53. The van der Waals surface area contributed by atoms with Gasteiger partial charge in [-0.1, -0.05) is 6.07 Å². The normalized spacial score (nSPS) is 14.1. The Morgan fingerprint density at radius 2 is 1.82 bits per heavy atom. The lowest BCUT2D eigenvalue weighted by atomic mass is 10.2. The first kappa shape index (κ1) is 22.0. The van der Waals surface area contributed by atoms with E-state index < -0.39 is 0 Å². The van der Waals surface area contributed by atoms with Crippen LogP contribution < -0.4 is 15.0 Å². The van der Waals surface area contributed by atoms with E-state index in [-0.39, 0.29) is 5.91 Å². The fraction of sp³-hybridized carbons (Fsp3) is 0.200. The second-order valence-electron chi connectivity index (χ2n) is 7.86. The fourth-order valence-electron chi connectivity index (χ4n) is 3.73. The molecule has 1 fully saturated rings. The number of rotatable bonds is 7. The number of pyridine rings is 2. The van der Waals surface area contributed by atoms with Gasteiger partial charge in [0.2, 0.25) is 0 Å². The number of carbonyl (C=O) groups excluding carboxylic acids is 1. The van der Waals surface area contributed by atoms with Gasteiger partial charge in [0.1, 0.15) is 17.3 Å². The molecular weight excluding hydrogens is 448 g/mol. The summed E-state index contributed by atoms with van der Waals surface area (Å²) in [5.41, 5.74) is 1.51. The molecule has 0 unspecified atom stereocenters. The topological polar surface area (TPSA) is 83.5 Å². The number of ether oxygens (including phenoxy) is 1. The lowest BCUT2D eigenvalue weighted by molar-refractivity contribution is 0.102. The van der Waals surface area contributed by atoms with Crippen LogP contribution in [0.3, 0.4) is 0 Å². The number of nitrogens with one attached hydrogen (secondary N) is 1. The van der Waals surface area contributed by atoms with Crippen LogP contribution in [-0.4, -0.2) is 51.9 Å². The summed E-state index contributed by atoms with van der Waals surface area (Å²) in [7, 11) is 0. The number of hydrogen-bond donors (Lipinski definition) is 1. The predicted molar refractivity (Wildman–Crippen MR) is 133 cm³/mol. The summed E-state index contributed by atoms with van der Waals surface area (Å²) < 4.78 is 5.72. The minimum Gasteiger partial charge on any atom is -0.456 e. The highest BCUT2D eigenvalue weighted by Gasteiger charge is 2.19. The van der Waals surface area contributed by atoms with E-state index in [1.807, 2.05) is 41.9 Å². The third kappa shape index (κ3) is 5.56. The lowest BCUT2D eigenvalue weighted by Crippen LogP contribution is -2.46. The molecule has 1 aliphatic rings. The quantitative estimate of drug-likeness (QED) is 0.429. The van der Waals surface area contributed by atoms with Gasteiger partial charge in [-0.3, -0.25) is 20.0 Å². The molecule has 34 heavy (non-hydrogen) atoms. The minimum absolute atomic E-state index is 0.196. The van der Waals surface area contributed by atoms with Crippen LogP contribution >= 0.6 is 11.3 Å². The van der Waals surface area contributed by atoms with Gasteiger partial charge in [-0.05, 0) is 48.5 Å². The molecule has 1 amide bonds. The Bertz CT molecular complexity index is 1210. The molecule has 5 rings (SSSR count). The minimum atomic E-state index is -0.196. The van der Waals surface area contributed by atoms with Crippen LogP contribution in [0.15, 0.2) is 78.6 Å². The monoisotopic (exact) mass is 472 g/mol. The van der Waals surface area contributed by atoms with Crippen molar-refractivity contribution in [2.24, 2.45) is 0 Å². The summed E-state index contributed by atoms with van der Waals surface area (Å²) >= 11 is 1.44. The van der Waals surface area contributed by atoms with Crippen LogP contribution in [0.5, 0.6) is 11.5 Å². The van der Waals surface area contributed by atoms with E-state index in [4.69, 9.17) is 4.74 Å².